The van der Waals surface area contributed by atoms with Crippen molar-refractivity contribution in [1.82, 2.24) is 0 Å². The summed E-state index contributed by atoms with van der Waals surface area (Å²) in [5.41, 5.74) is 5.16. The number of para-hydroxylation sites is 1. The highest BCUT2D eigenvalue weighted by molar-refractivity contribution is 6.33. The molecular weight excluding hydrogens is 256 g/mol. The van der Waals surface area contributed by atoms with Crippen LogP contribution >= 0.6 is 11.6 Å². The van der Waals surface area contributed by atoms with Gasteiger partial charge < -0.3 is 10.5 Å². The van der Waals surface area contributed by atoms with Gasteiger partial charge in [-0.05, 0) is 24.3 Å². The lowest BCUT2D eigenvalue weighted by molar-refractivity contribution is -0.384. The van der Waals surface area contributed by atoms with Crippen LogP contribution in [0.2, 0.25) is 5.02 Å². The van der Waals surface area contributed by atoms with Crippen LogP contribution in [0, 0.1) is 10.1 Å². The van der Waals surface area contributed by atoms with Crippen molar-refractivity contribution in [3.63, 3.8) is 0 Å². The van der Waals surface area contributed by atoms with Gasteiger partial charge in [0.1, 0.15) is 11.4 Å². The monoisotopic (exact) mass is 264 g/mol. The highest BCUT2D eigenvalue weighted by Crippen LogP contribution is 2.39. The van der Waals surface area contributed by atoms with Crippen molar-refractivity contribution < 1.29 is 9.66 Å². The smallest absolute Gasteiger partial charge is 0.335 e. The van der Waals surface area contributed by atoms with E-state index in [1.165, 1.54) is 12.1 Å². The summed E-state index contributed by atoms with van der Waals surface area (Å²) >= 11 is 5.75. The molecule has 0 radical (unpaired) electrons. The molecule has 0 atom stereocenters. The van der Waals surface area contributed by atoms with Gasteiger partial charge in [0.2, 0.25) is 5.75 Å². The summed E-state index contributed by atoms with van der Waals surface area (Å²) in [6.07, 6.45) is 0. The summed E-state index contributed by atoms with van der Waals surface area (Å²) in [6.45, 7) is 0. The van der Waals surface area contributed by atoms with Crippen molar-refractivity contribution >= 4 is 23.0 Å². The Labute approximate surface area is 108 Å². The summed E-state index contributed by atoms with van der Waals surface area (Å²) in [5.74, 6) is 0.551. The second kappa shape index (κ2) is 4.93. The van der Waals surface area contributed by atoms with Gasteiger partial charge >= 0.3 is 5.69 Å². The van der Waals surface area contributed by atoms with Crippen molar-refractivity contribution in [2.24, 2.45) is 0 Å². The molecule has 0 unspecified atom stereocenters. The molecule has 0 saturated carbocycles. The quantitative estimate of drug-likeness (QED) is 0.522. The van der Waals surface area contributed by atoms with Gasteiger partial charge in [0.05, 0.1) is 9.95 Å². The van der Waals surface area contributed by atoms with Gasteiger partial charge in [-0.15, -0.1) is 0 Å². The highest BCUT2D eigenvalue weighted by Gasteiger charge is 2.22. The summed E-state index contributed by atoms with van der Waals surface area (Å²) in [7, 11) is 0. The minimum Gasteiger partial charge on any atom is -0.450 e. The number of ether oxygens (including phenoxy) is 1. The fourth-order valence-corrected chi connectivity index (χ4v) is 1.60. The van der Waals surface area contributed by atoms with Crippen molar-refractivity contribution in [2.45, 2.75) is 0 Å². The predicted molar refractivity (Wildman–Crippen MR) is 69.0 cm³/mol. The van der Waals surface area contributed by atoms with Gasteiger partial charge in [0.15, 0.2) is 0 Å². The Balaban J connectivity index is 2.45. The first kappa shape index (κ1) is 12.2. The maximum absolute atomic E-state index is 11.0. The molecule has 2 rings (SSSR count). The van der Waals surface area contributed by atoms with Crippen molar-refractivity contribution in [3.05, 3.63) is 57.6 Å². The van der Waals surface area contributed by atoms with E-state index in [4.69, 9.17) is 22.1 Å². The third kappa shape index (κ3) is 2.36. The molecule has 2 aromatic rings. The van der Waals surface area contributed by atoms with Gasteiger partial charge in [-0.1, -0.05) is 29.8 Å². The standard InChI is InChI=1S/C12H9ClN2O3/c13-9-6-7-10(12(11(9)14)15(16)17)18-8-4-2-1-3-5-8/h1-7H,14H2. The zero-order valence-electron chi connectivity index (χ0n) is 9.17. The topological polar surface area (TPSA) is 78.4 Å². The van der Waals surface area contributed by atoms with Crippen LogP contribution < -0.4 is 10.5 Å². The maximum atomic E-state index is 11.0. The van der Waals surface area contributed by atoms with E-state index in [-0.39, 0.29) is 22.1 Å². The Bertz CT molecular complexity index is 587. The van der Waals surface area contributed by atoms with Crippen LogP contribution in [-0.2, 0) is 0 Å². The van der Waals surface area contributed by atoms with E-state index >= 15 is 0 Å². The van der Waals surface area contributed by atoms with Crippen LogP contribution in [0.5, 0.6) is 11.5 Å². The number of nitro groups is 1. The molecule has 0 spiro atoms. The Morgan fingerprint density at radius 3 is 2.44 bits per heavy atom. The Morgan fingerprint density at radius 1 is 1.17 bits per heavy atom. The predicted octanol–water partition coefficient (Wildman–Crippen LogP) is 3.62. The molecular formula is C12H9ClN2O3. The molecule has 0 aliphatic rings. The van der Waals surface area contributed by atoms with Crippen LogP contribution in [0.1, 0.15) is 0 Å². The van der Waals surface area contributed by atoms with Gasteiger partial charge in [-0.2, -0.15) is 0 Å². The Hall–Kier alpha value is -2.27. The van der Waals surface area contributed by atoms with Crippen LogP contribution in [0.3, 0.4) is 0 Å². The van der Waals surface area contributed by atoms with Crippen LogP contribution in [0.25, 0.3) is 0 Å². The zero-order valence-corrected chi connectivity index (χ0v) is 9.92. The van der Waals surface area contributed by atoms with Gasteiger partial charge in [-0.25, -0.2) is 0 Å². The Kier molecular flexibility index (Phi) is 3.34. The highest BCUT2D eigenvalue weighted by atomic mass is 35.5. The minimum atomic E-state index is -0.612. The first-order valence-corrected chi connectivity index (χ1v) is 5.42. The molecule has 0 aliphatic carbocycles. The molecule has 6 heteroatoms. The number of rotatable bonds is 3. The molecule has 2 N–H and O–H groups in total. The maximum Gasteiger partial charge on any atom is 0.335 e. The number of nitro benzene ring substituents is 1. The molecule has 0 fully saturated rings. The lowest BCUT2D eigenvalue weighted by Gasteiger charge is -2.08. The molecule has 18 heavy (non-hydrogen) atoms. The molecule has 2 aromatic carbocycles. The van der Waals surface area contributed by atoms with Crippen molar-refractivity contribution in [2.75, 3.05) is 5.73 Å². The third-order valence-electron chi connectivity index (χ3n) is 2.28. The van der Waals surface area contributed by atoms with Crippen molar-refractivity contribution in [1.29, 1.82) is 0 Å². The number of halogens is 1. The molecule has 0 aliphatic heterocycles. The van der Waals surface area contributed by atoms with Gasteiger partial charge in [0, 0.05) is 0 Å². The van der Waals surface area contributed by atoms with Crippen LogP contribution in [0.4, 0.5) is 11.4 Å². The van der Waals surface area contributed by atoms with E-state index in [1.807, 2.05) is 6.07 Å². The first-order chi connectivity index (χ1) is 8.59. The normalized spacial score (nSPS) is 10.1. The molecule has 0 amide bonds. The van der Waals surface area contributed by atoms with E-state index in [1.54, 1.807) is 24.3 Å². The molecule has 92 valence electrons. The minimum absolute atomic E-state index is 0.0631. The molecule has 0 heterocycles. The van der Waals surface area contributed by atoms with E-state index in [0.29, 0.717) is 5.75 Å². The number of nitrogens with zero attached hydrogens (tertiary/aromatic N) is 1. The fraction of sp³-hybridized carbons (Fsp3) is 0. The van der Waals surface area contributed by atoms with Crippen LogP contribution in [-0.4, -0.2) is 4.92 Å². The Morgan fingerprint density at radius 2 is 1.83 bits per heavy atom. The van der Waals surface area contributed by atoms with E-state index < -0.39 is 4.92 Å². The number of nitrogen functional groups attached to an aromatic ring is 1. The van der Waals surface area contributed by atoms with Gasteiger partial charge in [0.25, 0.3) is 0 Å². The zero-order chi connectivity index (χ0) is 13.1. The van der Waals surface area contributed by atoms with Crippen molar-refractivity contribution in [3.8, 4) is 11.5 Å². The third-order valence-corrected chi connectivity index (χ3v) is 2.61. The molecule has 5 nitrogen and oxygen atoms in total. The average molecular weight is 265 g/mol. The summed E-state index contributed by atoms with van der Waals surface area (Å²) < 4.78 is 5.43. The largest absolute Gasteiger partial charge is 0.450 e. The van der Waals surface area contributed by atoms with Gasteiger partial charge in [-0.3, -0.25) is 10.1 Å². The first-order valence-electron chi connectivity index (χ1n) is 5.05. The van der Waals surface area contributed by atoms with E-state index in [0.717, 1.165) is 0 Å². The average Bonchev–Trinajstić information content (AvgIpc) is 2.35. The number of hydrogen-bond acceptors (Lipinski definition) is 4. The lowest BCUT2D eigenvalue weighted by Crippen LogP contribution is -1.99. The second-order valence-electron chi connectivity index (χ2n) is 3.48. The molecule has 0 aromatic heterocycles. The summed E-state index contributed by atoms with van der Waals surface area (Å²) in [5, 5.41) is 11.1. The van der Waals surface area contributed by atoms with E-state index in [2.05, 4.69) is 0 Å². The lowest BCUT2D eigenvalue weighted by atomic mass is 10.2. The molecule has 0 bridgehead atoms. The number of benzene rings is 2. The summed E-state index contributed by atoms with van der Waals surface area (Å²) in [6, 6.07) is 11.6. The van der Waals surface area contributed by atoms with Crippen LogP contribution in [0.15, 0.2) is 42.5 Å². The number of nitrogens with two attached hydrogens (primary N) is 1. The van der Waals surface area contributed by atoms with E-state index in [9.17, 15) is 10.1 Å². The summed E-state index contributed by atoms with van der Waals surface area (Å²) in [4.78, 5) is 10.4. The fourth-order valence-electron chi connectivity index (χ4n) is 1.45. The number of anilines is 1. The second-order valence-corrected chi connectivity index (χ2v) is 3.89. The number of hydrogen-bond donors (Lipinski definition) is 1. The SMILES string of the molecule is Nc1c(Cl)ccc(Oc2ccccc2)c1[N+](=O)[O-]. The molecule has 0 saturated heterocycles.